The summed E-state index contributed by atoms with van der Waals surface area (Å²) in [5.41, 5.74) is 13.7. The SMILES string of the molecule is c1ccc(-c2ccc(N(c3ccc4ccccc4c3)c3c4c(cc5ccccc35)-c3cc5cc(-c6ccccc6)ccc5cc3-4)cc2)cc1. The average Bonchev–Trinajstić information content (AvgIpc) is 3.17. The monoisotopic (exact) mass is 621 g/mol. The Morgan fingerprint density at radius 2 is 0.816 bits per heavy atom. The van der Waals surface area contributed by atoms with E-state index in [1.54, 1.807) is 0 Å². The minimum atomic E-state index is 1.13. The highest BCUT2D eigenvalue weighted by Gasteiger charge is 2.31. The maximum Gasteiger partial charge on any atom is 0.0624 e. The Morgan fingerprint density at radius 3 is 1.59 bits per heavy atom. The molecule has 9 aromatic rings. The van der Waals surface area contributed by atoms with Gasteiger partial charge in [-0.3, -0.25) is 0 Å². The van der Waals surface area contributed by atoms with E-state index in [4.69, 9.17) is 0 Å². The number of nitrogens with zero attached hydrogens (tertiary/aromatic N) is 1. The molecule has 0 aliphatic heterocycles. The van der Waals surface area contributed by atoms with Crippen LogP contribution in [0.3, 0.4) is 0 Å². The molecule has 1 nitrogen and oxygen atoms in total. The van der Waals surface area contributed by atoms with Gasteiger partial charge in [-0.2, -0.15) is 0 Å². The molecule has 0 amide bonds. The molecular formula is C48H31N. The lowest BCUT2D eigenvalue weighted by Gasteiger charge is -2.35. The van der Waals surface area contributed by atoms with E-state index in [0.717, 1.165) is 11.4 Å². The molecule has 0 atom stereocenters. The summed E-state index contributed by atoms with van der Waals surface area (Å²) in [4.78, 5) is 2.48. The molecule has 228 valence electrons. The van der Waals surface area contributed by atoms with Gasteiger partial charge in [-0.15, -0.1) is 0 Å². The van der Waals surface area contributed by atoms with Crippen LogP contribution in [0.2, 0.25) is 0 Å². The van der Waals surface area contributed by atoms with E-state index in [9.17, 15) is 0 Å². The molecule has 0 spiro atoms. The predicted octanol–water partition coefficient (Wildman–Crippen LogP) is 13.6. The van der Waals surface area contributed by atoms with Gasteiger partial charge in [0.25, 0.3) is 0 Å². The van der Waals surface area contributed by atoms with Crippen molar-refractivity contribution in [2.45, 2.75) is 0 Å². The lowest BCUT2D eigenvalue weighted by Crippen LogP contribution is -2.15. The summed E-state index contributed by atoms with van der Waals surface area (Å²) >= 11 is 0. The van der Waals surface area contributed by atoms with Crippen molar-refractivity contribution in [1.29, 1.82) is 0 Å². The second-order valence-electron chi connectivity index (χ2n) is 13.0. The summed E-state index contributed by atoms with van der Waals surface area (Å²) in [6.45, 7) is 0. The Balaban J connectivity index is 1.20. The van der Waals surface area contributed by atoms with Gasteiger partial charge in [-0.25, -0.2) is 0 Å². The van der Waals surface area contributed by atoms with Crippen LogP contribution < -0.4 is 4.90 Å². The Kier molecular flexibility index (Phi) is 6.25. The molecule has 10 rings (SSSR count). The molecular weight excluding hydrogens is 591 g/mol. The summed E-state index contributed by atoms with van der Waals surface area (Å²) in [6.07, 6.45) is 0. The predicted molar refractivity (Wildman–Crippen MR) is 209 cm³/mol. The standard InChI is InChI=1S/C48H31N/c1-3-11-32(12-4-1)35-21-24-41(25-22-35)49(42-26-23-34-15-7-8-16-36(34)28-42)48-43-18-10-9-17-39(43)30-46-44-31-40-27-37(33-13-5-2-6-14-33)19-20-38(40)29-45(44)47(46)48/h1-31H. The van der Waals surface area contributed by atoms with E-state index in [2.05, 4.69) is 193 Å². The molecule has 1 aliphatic carbocycles. The highest BCUT2D eigenvalue weighted by molar-refractivity contribution is 6.20. The molecule has 0 heterocycles. The summed E-state index contributed by atoms with van der Waals surface area (Å²) in [5.74, 6) is 0. The van der Waals surface area contributed by atoms with E-state index in [-0.39, 0.29) is 0 Å². The quantitative estimate of drug-likeness (QED) is 0.185. The average molecular weight is 622 g/mol. The molecule has 49 heavy (non-hydrogen) atoms. The minimum absolute atomic E-state index is 1.13. The molecule has 0 N–H and O–H groups in total. The molecule has 1 heteroatoms. The van der Waals surface area contributed by atoms with Crippen LogP contribution in [0.25, 0.3) is 76.8 Å². The van der Waals surface area contributed by atoms with Crippen molar-refractivity contribution in [2.24, 2.45) is 0 Å². The third-order valence-corrected chi connectivity index (χ3v) is 10.1. The van der Waals surface area contributed by atoms with Crippen molar-refractivity contribution in [3.05, 3.63) is 188 Å². The van der Waals surface area contributed by atoms with Gasteiger partial charge in [-0.05, 0) is 114 Å². The Labute approximate surface area is 286 Å². The first kappa shape index (κ1) is 27.7. The third-order valence-electron chi connectivity index (χ3n) is 10.1. The Hall–Kier alpha value is -6.44. The van der Waals surface area contributed by atoms with Gasteiger partial charge in [0.2, 0.25) is 0 Å². The molecule has 0 radical (unpaired) electrons. The van der Waals surface area contributed by atoms with Crippen LogP contribution in [0.4, 0.5) is 17.1 Å². The molecule has 0 saturated carbocycles. The zero-order chi connectivity index (χ0) is 32.3. The van der Waals surface area contributed by atoms with Crippen molar-refractivity contribution in [3.8, 4) is 44.5 Å². The number of rotatable bonds is 5. The molecule has 0 aromatic heterocycles. The van der Waals surface area contributed by atoms with Crippen LogP contribution in [-0.2, 0) is 0 Å². The van der Waals surface area contributed by atoms with Gasteiger partial charge in [0.1, 0.15) is 0 Å². The zero-order valence-electron chi connectivity index (χ0n) is 26.8. The fourth-order valence-corrected chi connectivity index (χ4v) is 7.68. The summed E-state index contributed by atoms with van der Waals surface area (Å²) in [5, 5.41) is 7.48. The maximum atomic E-state index is 2.48. The highest BCUT2D eigenvalue weighted by Crippen LogP contribution is 2.58. The van der Waals surface area contributed by atoms with Crippen LogP contribution in [0.1, 0.15) is 0 Å². The Morgan fingerprint density at radius 1 is 0.286 bits per heavy atom. The summed E-state index contributed by atoms with van der Waals surface area (Å²) in [7, 11) is 0. The number of hydrogen-bond acceptors (Lipinski definition) is 1. The minimum Gasteiger partial charge on any atom is -0.309 e. The smallest absolute Gasteiger partial charge is 0.0624 e. The van der Waals surface area contributed by atoms with Crippen molar-refractivity contribution in [1.82, 2.24) is 0 Å². The van der Waals surface area contributed by atoms with Crippen LogP contribution in [0.5, 0.6) is 0 Å². The molecule has 0 bridgehead atoms. The van der Waals surface area contributed by atoms with Crippen molar-refractivity contribution in [3.63, 3.8) is 0 Å². The van der Waals surface area contributed by atoms with Gasteiger partial charge >= 0.3 is 0 Å². The Bertz CT molecular complexity index is 2690. The number of fused-ring (bicyclic) bond motifs is 7. The molecule has 0 unspecified atom stereocenters. The van der Waals surface area contributed by atoms with E-state index in [1.165, 1.54) is 82.5 Å². The lowest BCUT2D eigenvalue weighted by atomic mass is 9.76. The van der Waals surface area contributed by atoms with E-state index < -0.39 is 0 Å². The lowest BCUT2D eigenvalue weighted by molar-refractivity contribution is 1.30. The van der Waals surface area contributed by atoms with Crippen LogP contribution in [0.15, 0.2) is 188 Å². The second kappa shape index (κ2) is 11.1. The topological polar surface area (TPSA) is 3.24 Å². The van der Waals surface area contributed by atoms with Gasteiger partial charge in [0.05, 0.1) is 5.69 Å². The fourth-order valence-electron chi connectivity index (χ4n) is 7.68. The van der Waals surface area contributed by atoms with E-state index in [1.807, 2.05) is 0 Å². The van der Waals surface area contributed by atoms with E-state index in [0.29, 0.717) is 0 Å². The van der Waals surface area contributed by atoms with E-state index >= 15 is 0 Å². The van der Waals surface area contributed by atoms with Crippen LogP contribution in [-0.4, -0.2) is 0 Å². The first-order valence-electron chi connectivity index (χ1n) is 16.9. The van der Waals surface area contributed by atoms with Crippen molar-refractivity contribution < 1.29 is 0 Å². The molecule has 1 aliphatic rings. The maximum absolute atomic E-state index is 2.48. The largest absolute Gasteiger partial charge is 0.309 e. The summed E-state index contributed by atoms with van der Waals surface area (Å²) < 4.78 is 0. The number of hydrogen-bond donors (Lipinski definition) is 0. The normalized spacial score (nSPS) is 11.7. The van der Waals surface area contributed by atoms with Crippen molar-refractivity contribution in [2.75, 3.05) is 4.90 Å². The fraction of sp³-hybridized carbons (Fsp3) is 0. The zero-order valence-corrected chi connectivity index (χ0v) is 26.8. The number of anilines is 3. The van der Waals surface area contributed by atoms with Crippen molar-refractivity contribution >= 4 is 49.4 Å². The van der Waals surface area contributed by atoms with Gasteiger partial charge in [0, 0.05) is 22.3 Å². The van der Waals surface area contributed by atoms with Crippen LogP contribution in [0, 0.1) is 0 Å². The highest BCUT2D eigenvalue weighted by atomic mass is 15.1. The first-order chi connectivity index (χ1) is 24.3. The van der Waals surface area contributed by atoms with Gasteiger partial charge < -0.3 is 4.90 Å². The van der Waals surface area contributed by atoms with Gasteiger partial charge in [0.15, 0.2) is 0 Å². The van der Waals surface area contributed by atoms with Crippen LogP contribution >= 0.6 is 0 Å². The summed E-state index contributed by atoms with van der Waals surface area (Å²) in [6, 6.07) is 68.7. The van der Waals surface area contributed by atoms with Gasteiger partial charge in [-0.1, -0.05) is 140 Å². The number of benzene rings is 9. The first-order valence-corrected chi connectivity index (χ1v) is 16.9. The third kappa shape index (κ3) is 4.55. The molecule has 0 fully saturated rings. The second-order valence-corrected chi connectivity index (χ2v) is 13.0. The molecule has 0 saturated heterocycles. The molecule has 9 aromatic carbocycles.